The van der Waals surface area contributed by atoms with Gasteiger partial charge in [-0.25, -0.2) is 0 Å². The summed E-state index contributed by atoms with van der Waals surface area (Å²) in [6.07, 6.45) is 6.76. The van der Waals surface area contributed by atoms with Crippen molar-refractivity contribution in [2.24, 2.45) is 4.99 Å². The average Bonchev–Trinajstić information content (AvgIpc) is 2.82. The molecule has 2 nitrogen and oxygen atoms in total. The first kappa shape index (κ1) is 15.5. The molecule has 1 aromatic carbocycles. The molecule has 0 amide bonds. The van der Waals surface area contributed by atoms with Gasteiger partial charge in [-0.15, -0.1) is 11.3 Å². The van der Waals surface area contributed by atoms with Crippen LogP contribution in [0.4, 0.5) is 0 Å². The summed E-state index contributed by atoms with van der Waals surface area (Å²) in [5.74, 6) is 0. The molecule has 1 fully saturated rings. The normalized spacial score (nSPS) is 17.1. The molecule has 0 N–H and O–H groups in total. The first-order valence-electron chi connectivity index (χ1n) is 8.39. The minimum atomic E-state index is 0.662. The molecule has 0 radical (unpaired) electrons. The summed E-state index contributed by atoms with van der Waals surface area (Å²) in [5, 5.41) is 0. The fraction of sp³-hybridized carbons (Fsp3) is 0.526. The van der Waals surface area contributed by atoms with E-state index >= 15 is 0 Å². The molecule has 3 heteroatoms. The zero-order chi connectivity index (χ0) is 15.5. The molecule has 0 spiro atoms. The average molecular weight is 314 g/mol. The Bertz CT molecular complexity index is 685. The molecule has 0 bridgehead atoms. The van der Waals surface area contributed by atoms with Crippen LogP contribution < -0.4 is 4.80 Å². The minimum absolute atomic E-state index is 0.662. The van der Waals surface area contributed by atoms with Gasteiger partial charge in [0.05, 0.1) is 6.54 Å². The van der Waals surface area contributed by atoms with Gasteiger partial charge >= 0.3 is 0 Å². The van der Waals surface area contributed by atoms with Gasteiger partial charge in [-0.3, -0.25) is 4.99 Å². The Balaban J connectivity index is 1.90. The van der Waals surface area contributed by atoms with Gasteiger partial charge in [0.15, 0.2) is 4.80 Å². The van der Waals surface area contributed by atoms with Crippen LogP contribution in [0.25, 0.3) is 0 Å². The van der Waals surface area contributed by atoms with Crippen molar-refractivity contribution in [3.05, 3.63) is 50.8 Å². The topological polar surface area (TPSA) is 17.3 Å². The monoisotopic (exact) mass is 314 g/mol. The van der Waals surface area contributed by atoms with E-state index in [2.05, 4.69) is 49.6 Å². The Kier molecular flexibility index (Phi) is 4.82. The third kappa shape index (κ3) is 3.35. The molecule has 0 atom stereocenters. The van der Waals surface area contributed by atoms with E-state index in [1.807, 2.05) is 11.3 Å². The highest BCUT2D eigenvalue weighted by atomic mass is 32.1. The van der Waals surface area contributed by atoms with Crippen LogP contribution in [-0.2, 0) is 6.54 Å². The quantitative estimate of drug-likeness (QED) is 0.751. The summed E-state index contributed by atoms with van der Waals surface area (Å²) in [6.45, 7) is 7.39. The van der Waals surface area contributed by atoms with E-state index < -0.39 is 0 Å². The van der Waals surface area contributed by atoms with Crippen molar-refractivity contribution >= 4 is 11.3 Å². The van der Waals surface area contributed by atoms with Gasteiger partial charge in [-0.1, -0.05) is 49.1 Å². The van der Waals surface area contributed by atoms with Crippen LogP contribution >= 0.6 is 11.3 Å². The molecule has 0 unspecified atom stereocenters. The summed E-state index contributed by atoms with van der Waals surface area (Å²) in [6, 6.07) is 9.39. The molecular formula is C19H26N2S. The Morgan fingerprint density at radius 2 is 1.73 bits per heavy atom. The number of benzene rings is 1. The molecule has 1 aliphatic carbocycles. The van der Waals surface area contributed by atoms with Crippen LogP contribution in [0.1, 0.15) is 59.8 Å². The molecule has 2 aromatic rings. The van der Waals surface area contributed by atoms with E-state index in [4.69, 9.17) is 4.99 Å². The van der Waals surface area contributed by atoms with Crippen molar-refractivity contribution in [3.8, 4) is 0 Å². The van der Waals surface area contributed by atoms with Gasteiger partial charge in [0.2, 0.25) is 0 Å². The van der Waals surface area contributed by atoms with Gasteiger partial charge in [-0.2, -0.15) is 0 Å². The molecule has 1 aliphatic rings. The second kappa shape index (κ2) is 6.82. The van der Waals surface area contributed by atoms with Gasteiger partial charge < -0.3 is 4.57 Å². The summed E-state index contributed by atoms with van der Waals surface area (Å²) in [7, 11) is 0. The number of hydrogen-bond acceptors (Lipinski definition) is 2. The molecular weight excluding hydrogens is 288 g/mol. The summed E-state index contributed by atoms with van der Waals surface area (Å²) >= 11 is 1.85. The molecule has 22 heavy (non-hydrogen) atoms. The molecule has 1 saturated carbocycles. The highest BCUT2D eigenvalue weighted by molar-refractivity contribution is 7.09. The number of aromatic nitrogens is 1. The minimum Gasteiger partial charge on any atom is -0.318 e. The maximum absolute atomic E-state index is 4.94. The predicted molar refractivity (Wildman–Crippen MR) is 94.4 cm³/mol. The van der Waals surface area contributed by atoms with E-state index in [1.165, 1.54) is 58.6 Å². The standard InChI is InChI=1S/C19H26N2S/c1-14-9-11-17(12-10-14)13-20-19-21(15(2)16(3)22-19)18-7-5-4-6-8-18/h9-12,18H,4-8,13H2,1-3H3. The fourth-order valence-electron chi connectivity index (χ4n) is 3.30. The molecule has 1 aromatic heterocycles. The number of nitrogens with zero attached hydrogens (tertiary/aromatic N) is 2. The molecule has 118 valence electrons. The van der Waals surface area contributed by atoms with Crippen LogP contribution in [0.15, 0.2) is 29.3 Å². The lowest BCUT2D eigenvalue weighted by Crippen LogP contribution is -2.24. The second-order valence-corrected chi connectivity index (χ2v) is 7.67. The Hall–Kier alpha value is -1.35. The first-order valence-corrected chi connectivity index (χ1v) is 9.21. The van der Waals surface area contributed by atoms with Crippen molar-refractivity contribution in [2.45, 2.75) is 65.5 Å². The fourth-order valence-corrected chi connectivity index (χ4v) is 4.34. The summed E-state index contributed by atoms with van der Waals surface area (Å²) in [4.78, 5) is 7.57. The van der Waals surface area contributed by atoms with Crippen LogP contribution in [-0.4, -0.2) is 4.57 Å². The van der Waals surface area contributed by atoms with Crippen molar-refractivity contribution < 1.29 is 0 Å². The summed E-state index contributed by atoms with van der Waals surface area (Å²) in [5.41, 5.74) is 4.02. The highest BCUT2D eigenvalue weighted by Gasteiger charge is 2.19. The largest absolute Gasteiger partial charge is 0.318 e. The van der Waals surface area contributed by atoms with Crippen molar-refractivity contribution in [1.82, 2.24) is 4.57 Å². The third-order valence-electron chi connectivity index (χ3n) is 4.78. The van der Waals surface area contributed by atoms with Crippen LogP contribution in [0.5, 0.6) is 0 Å². The van der Waals surface area contributed by atoms with E-state index in [0.29, 0.717) is 6.04 Å². The van der Waals surface area contributed by atoms with Crippen LogP contribution in [0.2, 0.25) is 0 Å². The van der Waals surface area contributed by atoms with Crippen LogP contribution in [0.3, 0.4) is 0 Å². The third-order valence-corrected chi connectivity index (χ3v) is 5.89. The number of thiazole rings is 1. The lowest BCUT2D eigenvalue weighted by atomic mass is 9.95. The number of aryl methyl sites for hydroxylation is 2. The molecule has 0 saturated heterocycles. The van der Waals surface area contributed by atoms with Gasteiger partial charge in [-0.05, 0) is 39.2 Å². The Morgan fingerprint density at radius 3 is 2.41 bits per heavy atom. The zero-order valence-electron chi connectivity index (χ0n) is 13.9. The maximum atomic E-state index is 4.94. The molecule has 3 rings (SSSR count). The van der Waals surface area contributed by atoms with Gasteiger partial charge in [0.25, 0.3) is 0 Å². The summed E-state index contributed by atoms with van der Waals surface area (Å²) < 4.78 is 2.52. The van der Waals surface area contributed by atoms with Crippen molar-refractivity contribution in [1.29, 1.82) is 0 Å². The maximum Gasteiger partial charge on any atom is 0.185 e. The smallest absolute Gasteiger partial charge is 0.185 e. The van der Waals surface area contributed by atoms with Crippen LogP contribution in [0, 0.1) is 20.8 Å². The molecule has 1 heterocycles. The Morgan fingerprint density at radius 1 is 1.05 bits per heavy atom. The number of rotatable bonds is 3. The van der Waals surface area contributed by atoms with E-state index in [0.717, 1.165) is 6.54 Å². The number of hydrogen-bond donors (Lipinski definition) is 0. The van der Waals surface area contributed by atoms with E-state index in [1.54, 1.807) is 0 Å². The van der Waals surface area contributed by atoms with Crippen molar-refractivity contribution in [2.75, 3.05) is 0 Å². The first-order chi connectivity index (χ1) is 10.6. The van der Waals surface area contributed by atoms with Gasteiger partial charge in [0.1, 0.15) is 0 Å². The van der Waals surface area contributed by atoms with E-state index in [-0.39, 0.29) is 0 Å². The lowest BCUT2D eigenvalue weighted by molar-refractivity contribution is 0.343. The van der Waals surface area contributed by atoms with E-state index in [9.17, 15) is 0 Å². The van der Waals surface area contributed by atoms with Crippen molar-refractivity contribution in [3.63, 3.8) is 0 Å². The SMILES string of the molecule is Cc1ccc(CN=c2sc(C)c(C)n2C2CCCCC2)cc1. The second-order valence-electron chi connectivity index (χ2n) is 6.49. The predicted octanol–water partition coefficient (Wildman–Crippen LogP) is 5.08. The Labute approximate surface area is 137 Å². The van der Waals surface area contributed by atoms with Gasteiger partial charge in [0, 0.05) is 16.6 Å². The highest BCUT2D eigenvalue weighted by Crippen LogP contribution is 2.29. The lowest BCUT2D eigenvalue weighted by Gasteiger charge is -2.24. The molecule has 0 aliphatic heterocycles. The zero-order valence-corrected chi connectivity index (χ0v) is 14.7.